The largest absolute Gasteiger partial charge is 0.497 e. The second-order valence-corrected chi connectivity index (χ2v) is 10.4. The van der Waals surface area contributed by atoms with Gasteiger partial charge in [0.1, 0.15) is 29.2 Å². The third-order valence-electron chi connectivity index (χ3n) is 7.56. The topological polar surface area (TPSA) is 97.5 Å². The van der Waals surface area contributed by atoms with E-state index in [9.17, 15) is 14.9 Å². The molecule has 0 aliphatic carbocycles. The van der Waals surface area contributed by atoms with Crippen LogP contribution in [0.2, 0.25) is 0 Å². The van der Waals surface area contributed by atoms with Crippen molar-refractivity contribution in [1.82, 2.24) is 14.7 Å². The number of hydrogen-bond donors (Lipinski definition) is 0. The number of aromatic nitrogens is 2. The van der Waals surface area contributed by atoms with Crippen molar-refractivity contribution < 1.29 is 19.1 Å². The molecule has 208 valence electrons. The Morgan fingerprint density at radius 1 is 1.07 bits per heavy atom. The van der Waals surface area contributed by atoms with Crippen molar-refractivity contribution in [3.8, 4) is 34.5 Å². The second-order valence-electron chi connectivity index (χ2n) is 10.4. The van der Waals surface area contributed by atoms with E-state index in [1.165, 1.54) is 0 Å². The van der Waals surface area contributed by atoms with Gasteiger partial charge in [-0.15, -0.1) is 0 Å². The molecular weight excluding hydrogens is 528 g/mol. The smallest absolute Gasteiger partial charge is 0.271 e. The molecule has 2 amide bonds. The van der Waals surface area contributed by atoms with E-state index in [0.717, 1.165) is 39.4 Å². The fourth-order valence-electron chi connectivity index (χ4n) is 5.34. The Balaban J connectivity index is 1.46. The Labute approximate surface area is 243 Å². The van der Waals surface area contributed by atoms with Crippen molar-refractivity contribution >= 4 is 17.9 Å². The van der Waals surface area contributed by atoms with Gasteiger partial charge in [-0.1, -0.05) is 30.3 Å². The van der Waals surface area contributed by atoms with E-state index < -0.39 is 11.8 Å². The second kappa shape index (κ2) is 10.9. The number of para-hydroxylation sites is 1. The highest BCUT2D eigenvalue weighted by Gasteiger charge is 2.36. The quantitative estimate of drug-likeness (QED) is 0.224. The van der Waals surface area contributed by atoms with E-state index in [-0.39, 0.29) is 23.8 Å². The highest BCUT2D eigenvalue weighted by Crippen LogP contribution is 2.36. The summed E-state index contributed by atoms with van der Waals surface area (Å²) >= 11 is 0. The van der Waals surface area contributed by atoms with Gasteiger partial charge in [0.05, 0.1) is 25.0 Å². The predicted molar refractivity (Wildman–Crippen MR) is 158 cm³/mol. The number of nitriles is 1. The Hall–Kier alpha value is -5.42. The first-order valence-electron chi connectivity index (χ1n) is 13.6. The number of imide groups is 1. The molecule has 42 heavy (non-hydrogen) atoms. The zero-order valence-electron chi connectivity index (χ0n) is 23.5. The number of ether oxygens (including phenoxy) is 2. The number of amides is 2. The number of carbonyl (C=O) groups is 2. The lowest BCUT2D eigenvalue weighted by atomic mass is 9.92. The summed E-state index contributed by atoms with van der Waals surface area (Å²) in [5, 5.41) is 14.8. The molecule has 1 aromatic heterocycles. The first-order chi connectivity index (χ1) is 20.4. The van der Waals surface area contributed by atoms with E-state index in [1.54, 1.807) is 49.1 Å². The van der Waals surface area contributed by atoms with Crippen LogP contribution in [0.25, 0.3) is 23.0 Å². The maximum atomic E-state index is 13.9. The van der Waals surface area contributed by atoms with Crippen molar-refractivity contribution in [3.63, 3.8) is 0 Å². The summed E-state index contributed by atoms with van der Waals surface area (Å²) < 4.78 is 12.9. The first-order valence-corrected chi connectivity index (χ1v) is 13.6. The van der Waals surface area contributed by atoms with Gasteiger partial charge < -0.3 is 9.47 Å². The van der Waals surface area contributed by atoms with Crippen LogP contribution in [0.15, 0.2) is 95.7 Å². The van der Waals surface area contributed by atoms with Gasteiger partial charge >= 0.3 is 0 Å². The van der Waals surface area contributed by atoms with Gasteiger partial charge in [-0.2, -0.15) is 10.4 Å². The molecule has 4 aromatic rings. The van der Waals surface area contributed by atoms with Gasteiger partial charge in [0.2, 0.25) is 0 Å². The van der Waals surface area contributed by atoms with Crippen molar-refractivity contribution in [1.29, 1.82) is 5.26 Å². The molecule has 6 rings (SSSR count). The molecule has 0 spiro atoms. The summed E-state index contributed by atoms with van der Waals surface area (Å²) in [7, 11) is 1.57. The summed E-state index contributed by atoms with van der Waals surface area (Å²) in [5.74, 6) is 0.448. The average Bonchev–Trinajstić information content (AvgIpc) is 3.60. The number of benzene rings is 3. The summed E-state index contributed by atoms with van der Waals surface area (Å²) in [6.07, 6.45) is 4.50. The number of fused-ring (bicyclic) bond motifs is 1. The van der Waals surface area contributed by atoms with Crippen LogP contribution in [0.1, 0.15) is 30.5 Å². The van der Waals surface area contributed by atoms with Crippen LogP contribution in [0.3, 0.4) is 0 Å². The number of hydrogen-bond acceptors (Lipinski definition) is 6. The van der Waals surface area contributed by atoms with Gasteiger partial charge in [0.15, 0.2) is 0 Å². The van der Waals surface area contributed by atoms with Crippen molar-refractivity contribution in [2.45, 2.75) is 32.9 Å². The Kier molecular flexibility index (Phi) is 6.93. The minimum Gasteiger partial charge on any atom is -0.497 e. The molecule has 0 saturated carbocycles. The molecule has 3 heterocycles. The van der Waals surface area contributed by atoms with Crippen molar-refractivity contribution in [2.75, 3.05) is 7.11 Å². The Morgan fingerprint density at radius 3 is 2.55 bits per heavy atom. The lowest BCUT2D eigenvalue weighted by Gasteiger charge is -2.27. The minimum atomic E-state index is -0.610. The summed E-state index contributed by atoms with van der Waals surface area (Å²) in [5.41, 5.74) is 5.48. The van der Waals surface area contributed by atoms with E-state index >= 15 is 0 Å². The molecule has 1 unspecified atom stereocenters. The van der Waals surface area contributed by atoms with Gasteiger partial charge in [0, 0.05) is 29.3 Å². The fraction of sp³-hybridized carbons (Fsp3) is 0.176. The van der Waals surface area contributed by atoms with Gasteiger partial charge in [-0.05, 0) is 79.1 Å². The van der Waals surface area contributed by atoms with Crippen LogP contribution in [-0.2, 0) is 22.6 Å². The highest BCUT2D eigenvalue weighted by atomic mass is 16.5. The molecule has 0 N–H and O–H groups in total. The predicted octanol–water partition coefficient (Wildman–Crippen LogP) is 5.66. The van der Waals surface area contributed by atoms with Crippen molar-refractivity contribution in [3.05, 3.63) is 112 Å². The molecule has 0 fully saturated rings. The average molecular weight is 557 g/mol. The first kappa shape index (κ1) is 26.8. The standard InChI is InChI=1S/C34H28N4O4/c1-21-15-25-16-24(11-14-31(25)42-21)32-26(20-38(36-32)27-7-5-4-6-8-27)17-29-22(2)30(18-35)34(40)37(33(29)39)19-23-9-12-28(41-3)13-10-23/h4-14,16-17,20-21H,15,19H2,1-3H3/b29-17+. The zero-order valence-corrected chi connectivity index (χ0v) is 23.5. The molecule has 0 bridgehead atoms. The number of rotatable bonds is 6. The fourth-order valence-corrected chi connectivity index (χ4v) is 5.34. The van der Waals surface area contributed by atoms with Crippen LogP contribution in [0, 0.1) is 11.3 Å². The molecule has 0 radical (unpaired) electrons. The molecule has 3 aromatic carbocycles. The monoisotopic (exact) mass is 556 g/mol. The van der Waals surface area contributed by atoms with Crippen LogP contribution >= 0.6 is 0 Å². The van der Waals surface area contributed by atoms with Crippen LogP contribution in [0.5, 0.6) is 11.5 Å². The molecule has 0 saturated heterocycles. The van der Waals surface area contributed by atoms with Gasteiger partial charge in [0.25, 0.3) is 11.8 Å². The van der Waals surface area contributed by atoms with E-state index in [1.807, 2.05) is 61.7 Å². The highest BCUT2D eigenvalue weighted by molar-refractivity contribution is 6.19. The van der Waals surface area contributed by atoms with Crippen LogP contribution < -0.4 is 9.47 Å². The third-order valence-corrected chi connectivity index (χ3v) is 7.56. The van der Waals surface area contributed by atoms with Crippen molar-refractivity contribution in [2.24, 2.45) is 0 Å². The Bertz CT molecular complexity index is 1810. The summed E-state index contributed by atoms with van der Waals surface area (Å²) in [6, 6.07) is 24.8. The SMILES string of the molecule is COc1ccc(CN2C(=O)C(C#N)=C(C)/C(=C\c3cn(-c4ccccc4)nc3-c3ccc4c(c3)CC(C)O4)C2=O)cc1. The maximum absolute atomic E-state index is 13.9. The number of carbonyl (C=O) groups excluding carboxylic acids is 2. The molecule has 8 nitrogen and oxygen atoms in total. The Morgan fingerprint density at radius 2 is 1.83 bits per heavy atom. The molecular formula is C34H28N4O4. The van der Waals surface area contributed by atoms with E-state index in [2.05, 4.69) is 6.07 Å². The number of nitrogens with zero attached hydrogens (tertiary/aromatic N) is 4. The third kappa shape index (κ3) is 4.86. The zero-order chi connectivity index (χ0) is 29.4. The van der Waals surface area contributed by atoms with Gasteiger partial charge in [-0.3, -0.25) is 14.5 Å². The summed E-state index contributed by atoms with van der Waals surface area (Å²) in [6.45, 7) is 3.70. The maximum Gasteiger partial charge on any atom is 0.271 e. The lowest BCUT2D eigenvalue weighted by Crippen LogP contribution is -2.42. The molecule has 2 aliphatic rings. The number of methoxy groups -OCH3 is 1. The summed E-state index contributed by atoms with van der Waals surface area (Å²) in [4.78, 5) is 28.3. The molecule has 2 aliphatic heterocycles. The lowest BCUT2D eigenvalue weighted by molar-refractivity contribution is -0.141. The normalized spacial score (nSPS) is 17.3. The molecule has 8 heteroatoms. The van der Waals surface area contributed by atoms with Gasteiger partial charge in [-0.25, -0.2) is 4.68 Å². The minimum absolute atomic E-state index is 0.0244. The van der Waals surface area contributed by atoms with Crippen LogP contribution in [0.4, 0.5) is 0 Å². The molecule has 1 atom stereocenters. The van der Waals surface area contributed by atoms with Crippen LogP contribution in [-0.4, -0.2) is 39.7 Å². The van der Waals surface area contributed by atoms with E-state index in [4.69, 9.17) is 14.6 Å². The van der Waals surface area contributed by atoms with E-state index in [0.29, 0.717) is 22.6 Å².